The van der Waals surface area contributed by atoms with Gasteiger partial charge in [-0.2, -0.15) is 0 Å². The molecule has 0 radical (unpaired) electrons. The number of hydrogen-bond acceptors (Lipinski definition) is 4. The predicted octanol–water partition coefficient (Wildman–Crippen LogP) is 1.26. The molecule has 0 aliphatic carbocycles. The molecule has 92 valence electrons. The molecule has 4 heteroatoms. The summed E-state index contributed by atoms with van der Waals surface area (Å²) >= 11 is 0. The van der Waals surface area contributed by atoms with Crippen LogP contribution in [0.1, 0.15) is 18.4 Å². The van der Waals surface area contributed by atoms with Gasteiger partial charge in [0.05, 0.1) is 7.11 Å². The lowest BCUT2D eigenvalue weighted by molar-refractivity contribution is -0.145. The summed E-state index contributed by atoms with van der Waals surface area (Å²) in [5, 5.41) is 0. The molecular formula is C13H18N2O2. The van der Waals surface area contributed by atoms with E-state index in [0.717, 1.165) is 32.4 Å². The van der Waals surface area contributed by atoms with Gasteiger partial charge in [-0.15, -0.1) is 0 Å². The van der Waals surface area contributed by atoms with E-state index < -0.39 is 0 Å². The van der Waals surface area contributed by atoms with Crippen LogP contribution >= 0.6 is 0 Å². The van der Waals surface area contributed by atoms with Gasteiger partial charge in [0.25, 0.3) is 0 Å². The van der Waals surface area contributed by atoms with Crippen molar-refractivity contribution in [3.05, 3.63) is 30.1 Å². The highest BCUT2D eigenvalue weighted by molar-refractivity contribution is 5.75. The van der Waals surface area contributed by atoms with E-state index in [1.807, 2.05) is 12.1 Å². The number of esters is 1. The Hall–Kier alpha value is -1.42. The first-order valence-corrected chi connectivity index (χ1v) is 6.02. The summed E-state index contributed by atoms with van der Waals surface area (Å²) in [5.41, 5.74) is 1.26. The number of carbonyl (C=O) groups excluding carboxylic acids is 1. The summed E-state index contributed by atoms with van der Waals surface area (Å²) in [5.74, 6) is -0.0998. The van der Waals surface area contributed by atoms with Crippen LogP contribution in [0.3, 0.4) is 0 Å². The lowest BCUT2D eigenvalue weighted by Crippen LogP contribution is -2.38. The molecule has 0 saturated carbocycles. The molecule has 1 atom stereocenters. The van der Waals surface area contributed by atoms with Gasteiger partial charge < -0.3 is 4.74 Å². The molecule has 1 aromatic rings. The second-order valence-electron chi connectivity index (χ2n) is 4.32. The molecule has 4 nitrogen and oxygen atoms in total. The Labute approximate surface area is 102 Å². The lowest BCUT2D eigenvalue weighted by atomic mass is 10.2. The van der Waals surface area contributed by atoms with Crippen molar-refractivity contribution >= 4 is 5.97 Å². The molecule has 1 saturated heterocycles. The molecule has 2 heterocycles. The number of hydrogen-bond donors (Lipinski definition) is 0. The monoisotopic (exact) mass is 234 g/mol. The van der Waals surface area contributed by atoms with Gasteiger partial charge in [0.2, 0.25) is 0 Å². The van der Waals surface area contributed by atoms with Gasteiger partial charge in [-0.25, -0.2) is 0 Å². The van der Waals surface area contributed by atoms with Crippen molar-refractivity contribution in [1.29, 1.82) is 0 Å². The molecule has 0 N–H and O–H groups in total. The average molecular weight is 234 g/mol. The minimum atomic E-state index is -0.0998. The number of likely N-dealkylation sites (tertiary alicyclic amines) is 1. The summed E-state index contributed by atoms with van der Waals surface area (Å²) in [7, 11) is 1.46. The van der Waals surface area contributed by atoms with Crippen molar-refractivity contribution in [3.8, 4) is 0 Å². The smallest absolute Gasteiger partial charge is 0.323 e. The van der Waals surface area contributed by atoms with Crippen LogP contribution in [-0.2, 0) is 16.0 Å². The summed E-state index contributed by atoms with van der Waals surface area (Å²) in [4.78, 5) is 17.8. The quantitative estimate of drug-likeness (QED) is 0.736. The number of pyridine rings is 1. The summed E-state index contributed by atoms with van der Waals surface area (Å²) in [6.07, 6.45) is 6.56. The van der Waals surface area contributed by atoms with E-state index in [0.29, 0.717) is 0 Å². The van der Waals surface area contributed by atoms with Crippen molar-refractivity contribution in [2.45, 2.75) is 25.3 Å². The fourth-order valence-electron chi connectivity index (χ4n) is 2.32. The third kappa shape index (κ3) is 3.03. The van der Waals surface area contributed by atoms with Crippen molar-refractivity contribution < 1.29 is 9.53 Å². The third-order valence-electron chi connectivity index (χ3n) is 3.27. The average Bonchev–Trinajstić information content (AvgIpc) is 2.85. The second kappa shape index (κ2) is 5.77. The van der Waals surface area contributed by atoms with Gasteiger partial charge in [-0.05, 0) is 43.5 Å². The van der Waals surface area contributed by atoms with Crippen LogP contribution < -0.4 is 0 Å². The molecule has 0 unspecified atom stereocenters. The summed E-state index contributed by atoms with van der Waals surface area (Å²) < 4.78 is 4.83. The van der Waals surface area contributed by atoms with Crippen LogP contribution in [0.2, 0.25) is 0 Å². The maximum atomic E-state index is 11.6. The molecule has 17 heavy (non-hydrogen) atoms. The molecule has 1 fully saturated rings. The van der Waals surface area contributed by atoms with Gasteiger partial charge in [-0.1, -0.05) is 0 Å². The molecule has 0 amide bonds. The molecule has 0 bridgehead atoms. The lowest BCUT2D eigenvalue weighted by Gasteiger charge is -2.22. The highest BCUT2D eigenvalue weighted by atomic mass is 16.5. The Morgan fingerprint density at radius 3 is 3.00 bits per heavy atom. The Bertz CT molecular complexity index is 367. The highest BCUT2D eigenvalue weighted by Crippen LogP contribution is 2.18. The molecule has 1 aliphatic heterocycles. The van der Waals surface area contributed by atoms with E-state index in [4.69, 9.17) is 4.74 Å². The molecule has 1 aliphatic rings. The minimum absolute atomic E-state index is 0.0400. The first-order valence-electron chi connectivity index (χ1n) is 6.02. The normalized spacial score (nSPS) is 20.4. The maximum Gasteiger partial charge on any atom is 0.323 e. The highest BCUT2D eigenvalue weighted by Gasteiger charge is 2.30. The van der Waals surface area contributed by atoms with Gasteiger partial charge in [0, 0.05) is 18.9 Å². The maximum absolute atomic E-state index is 11.6. The van der Waals surface area contributed by atoms with Crippen LogP contribution in [0, 0.1) is 0 Å². The van der Waals surface area contributed by atoms with Crippen molar-refractivity contribution in [2.75, 3.05) is 20.2 Å². The number of nitrogens with zero attached hydrogens (tertiary/aromatic N) is 2. The van der Waals surface area contributed by atoms with E-state index in [1.165, 1.54) is 12.7 Å². The van der Waals surface area contributed by atoms with Gasteiger partial charge >= 0.3 is 5.97 Å². The Morgan fingerprint density at radius 1 is 1.53 bits per heavy atom. The van der Waals surface area contributed by atoms with E-state index in [1.54, 1.807) is 12.4 Å². The Morgan fingerprint density at radius 2 is 2.29 bits per heavy atom. The third-order valence-corrected chi connectivity index (χ3v) is 3.27. The van der Waals surface area contributed by atoms with E-state index in [-0.39, 0.29) is 12.0 Å². The molecule has 0 aromatic carbocycles. The summed E-state index contributed by atoms with van der Waals surface area (Å²) in [6.45, 7) is 1.90. The number of aromatic nitrogens is 1. The van der Waals surface area contributed by atoms with Crippen molar-refractivity contribution in [2.24, 2.45) is 0 Å². The van der Waals surface area contributed by atoms with Crippen LogP contribution in [0.15, 0.2) is 24.5 Å². The van der Waals surface area contributed by atoms with E-state index in [9.17, 15) is 4.79 Å². The first-order chi connectivity index (χ1) is 8.31. The summed E-state index contributed by atoms with van der Waals surface area (Å²) in [6, 6.07) is 3.99. The van der Waals surface area contributed by atoms with E-state index >= 15 is 0 Å². The zero-order valence-corrected chi connectivity index (χ0v) is 10.1. The van der Waals surface area contributed by atoms with Crippen LogP contribution in [-0.4, -0.2) is 42.1 Å². The van der Waals surface area contributed by atoms with E-state index in [2.05, 4.69) is 9.88 Å². The van der Waals surface area contributed by atoms with Gasteiger partial charge in [0.15, 0.2) is 0 Å². The van der Waals surface area contributed by atoms with Crippen molar-refractivity contribution in [3.63, 3.8) is 0 Å². The number of methoxy groups -OCH3 is 1. The first kappa shape index (κ1) is 12.0. The Balaban J connectivity index is 1.88. The molecule has 0 spiro atoms. The zero-order valence-electron chi connectivity index (χ0n) is 10.1. The molecule has 2 rings (SSSR count). The number of carbonyl (C=O) groups is 1. The molecular weight excluding hydrogens is 216 g/mol. The van der Waals surface area contributed by atoms with Gasteiger partial charge in [0.1, 0.15) is 6.04 Å². The predicted molar refractivity (Wildman–Crippen MR) is 64.6 cm³/mol. The Kier molecular flexibility index (Phi) is 4.09. The number of ether oxygens (including phenoxy) is 1. The zero-order chi connectivity index (χ0) is 12.1. The number of rotatable bonds is 4. The second-order valence-corrected chi connectivity index (χ2v) is 4.32. The van der Waals surface area contributed by atoms with Crippen LogP contribution in [0.5, 0.6) is 0 Å². The fourth-order valence-corrected chi connectivity index (χ4v) is 2.32. The SMILES string of the molecule is COC(=O)[C@@H]1CCCN1CCc1ccncc1. The largest absolute Gasteiger partial charge is 0.468 e. The fraction of sp³-hybridized carbons (Fsp3) is 0.538. The van der Waals surface area contributed by atoms with Crippen molar-refractivity contribution in [1.82, 2.24) is 9.88 Å². The standard InChI is InChI=1S/C13H18N2O2/c1-17-13(16)12-3-2-9-15(12)10-6-11-4-7-14-8-5-11/h4-5,7-8,12H,2-3,6,9-10H2,1H3/t12-/m0/s1. The van der Waals surface area contributed by atoms with Crippen LogP contribution in [0.4, 0.5) is 0 Å². The van der Waals surface area contributed by atoms with Crippen LogP contribution in [0.25, 0.3) is 0 Å². The van der Waals surface area contributed by atoms with Gasteiger partial charge in [-0.3, -0.25) is 14.7 Å². The topological polar surface area (TPSA) is 42.4 Å². The minimum Gasteiger partial charge on any atom is -0.468 e. The molecule has 1 aromatic heterocycles.